The summed E-state index contributed by atoms with van der Waals surface area (Å²) in [6, 6.07) is 11.1. The second kappa shape index (κ2) is 7.84. The number of hydrogen-bond acceptors (Lipinski definition) is 5. The van der Waals surface area contributed by atoms with Gasteiger partial charge in [0.15, 0.2) is 6.10 Å². The Morgan fingerprint density at radius 1 is 1.00 bits per heavy atom. The number of methoxy groups -OCH3 is 2. The molecule has 24 heavy (non-hydrogen) atoms. The van der Waals surface area contributed by atoms with Crippen LogP contribution in [0.4, 0.5) is 0 Å². The predicted molar refractivity (Wildman–Crippen MR) is 90.2 cm³/mol. The van der Waals surface area contributed by atoms with E-state index in [0.29, 0.717) is 22.1 Å². The van der Waals surface area contributed by atoms with E-state index in [1.807, 2.05) is 0 Å². The van der Waals surface area contributed by atoms with Crippen LogP contribution >= 0.6 is 11.6 Å². The third-order valence-corrected chi connectivity index (χ3v) is 3.66. The summed E-state index contributed by atoms with van der Waals surface area (Å²) in [4.78, 5) is 24.6. The summed E-state index contributed by atoms with van der Waals surface area (Å²) in [5.74, 6) is -0.101. The van der Waals surface area contributed by atoms with Crippen molar-refractivity contribution in [3.63, 3.8) is 0 Å². The highest BCUT2D eigenvalue weighted by molar-refractivity contribution is 6.30. The molecule has 126 valence electrons. The van der Waals surface area contributed by atoms with Gasteiger partial charge in [-0.2, -0.15) is 0 Å². The first-order valence-corrected chi connectivity index (χ1v) is 7.57. The molecule has 0 aliphatic carbocycles. The zero-order valence-electron chi connectivity index (χ0n) is 13.5. The molecule has 0 saturated carbocycles. The molecule has 0 radical (unpaired) electrons. The van der Waals surface area contributed by atoms with Crippen molar-refractivity contribution in [3.8, 4) is 11.5 Å². The van der Waals surface area contributed by atoms with Crippen LogP contribution in [0.1, 0.15) is 27.6 Å². The fourth-order valence-electron chi connectivity index (χ4n) is 2.09. The average Bonchev–Trinajstić information content (AvgIpc) is 2.60. The summed E-state index contributed by atoms with van der Waals surface area (Å²) in [6.45, 7) is 1.52. The fraction of sp³-hybridized carbons (Fsp3) is 0.222. The minimum Gasteiger partial charge on any atom is -0.497 e. The van der Waals surface area contributed by atoms with Gasteiger partial charge in [0, 0.05) is 16.7 Å². The average molecular weight is 349 g/mol. The van der Waals surface area contributed by atoms with Gasteiger partial charge >= 0.3 is 5.97 Å². The molecule has 5 nitrogen and oxygen atoms in total. The molecule has 0 heterocycles. The number of carbonyl (C=O) groups is 2. The number of halogens is 1. The summed E-state index contributed by atoms with van der Waals surface area (Å²) in [5.41, 5.74) is 0.635. The minimum absolute atomic E-state index is 0.217. The van der Waals surface area contributed by atoms with Crippen molar-refractivity contribution in [1.82, 2.24) is 0 Å². The zero-order chi connectivity index (χ0) is 17.7. The molecule has 0 bridgehead atoms. The van der Waals surface area contributed by atoms with E-state index < -0.39 is 12.1 Å². The summed E-state index contributed by atoms with van der Waals surface area (Å²) in [6.07, 6.45) is -0.939. The number of ether oxygens (including phenoxy) is 3. The van der Waals surface area contributed by atoms with E-state index in [2.05, 4.69) is 0 Å². The summed E-state index contributed by atoms with van der Waals surface area (Å²) in [7, 11) is 2.95. The summed E-state index contributed by atoms with van der Waals surface area (Å²) in [5, 5.41) is 0.527. The van der Waals surface area contributed by atoms with Crippen molar-refractivity contribution in [3.05, 3.63) is 58.6 Å². The van der Waals surface area contributed by atoms with Crippen LogP contribution in [0.15, 0.2) is 42.5 Å². The quantitative estimate of drug-likeness (QED) is 0.587. The van der Waals surface area contributed by atoms with E-state index in [4.69, 9.17) is 25.8 Å². The van der Waals surface area contributed by atoms with Crippen LogP contribution in [0.2, 0.25) is 5.02 Å². The Labute approximate surface area is 145 Å². The molecule has 6 heteroatoms. The molecule has 0 aliphatic rings. The third kappa shape index (κ3) is 4.06. The van der Waals surface area contributed by atoms with Crippen molar-refractivity contribution >= 4 is 23.4 Å². The van der Waals surface area contributed by atoms with Gasteiger partial charge in [-0.05, 0) is 43.3 Å². The van der Waals surface area contributed by atoms with Gasteiger partial charge in [-0.25, -0.2) is 4.79 Å². The molecule has 2 aromatic carbocycles. The van der Waals surface area contributed by atoms with Gasteiger partial charge in [-0.15, -0.1) is 0 Å². The highest BCUT2D eigenvalue weighted by Gasteiger charge is 2.22. The fourth-order valence-corrected chi connectivity index (χ4v) is 2.22. The van der Waals surface area contributed by atoms with Crippen LogP contribution in [-0.4, -0.2) is 32.1 Å². The third-order valence-electron chi connectivity index (χ3n) is 3.41. The van der Waals surface area contributed by atoms with E-state index in [-0.39, 0.29) is 11.3 Å². The number of esters is 1. The molecule has 2 rings (SSSR count). The SMILES string of the molecule is COc1ccc(C(=O)O[C@@H](C)C(=O)c2ccc(Cl)cc2)c(OC)c1. The van der Waals surface area contributed by atoms with Crippen molar-refractivity contribution in [2.24, 2.45) is 0 Å². The van der Waals surface area contributed by atoms with Gasteiger partial charge in [0.2, 0.25) is 5.78 Å². The van der Waals surface area contributed by atoms with Crippen LogP contribution in [0.5, 0.6) is 11.5 Å². The molecule has 0 aliphatic heterocycles. The smallest absolute Gasteiger partial charge is 0.342 e. The standard InChI is InChI=1S/C18H17ClO5/c1-11(17(20)12-4-6-13(19)7-5-12)24-18(21)15-9-8-14(22-2)10-16(15)23-3/h4-11H,1-3H3/t11-/m0/s1. The maximum absolute atomic E-state index is 12.3. The van der Waals surface area contributed by atoms with Gasteiger partial charge < -0.3 is 14.2 Å². The molecule has 1 atom stereocenters. The zero-order valence-corrected chi connectivity index (χ0v) is 14.3. The lowest BCUT2D eigenvalue weighted by Gasteiger charge is -2.14. The predicted octanol–water partition coefficient (Wildman–Crippen LogP) is 3.79. The number of carbonyl (C=O) groups excluding carboxylic acids is 2. The van der Waals surface area contributed by atoms with E-state index in [9.17, 15) is 9.59 Å². The van der Waals surface area contributed by atoms with Crippen molar-refractivity contribution in [1.29, 1.82) is 0 Å². The van der Waals surface area contributed by atoms with E-state index in [1.54, 1.807) is 36.4 Å². The number of Topliss-reactive ketones (excluding diaryl/α,β-unsaturated/α-hetero) is 1. The van der Waals surface area contributed by atoms with Crippen molar-refractivity contribution < 1.29 is 23.8 Å². The molecule has 0 fully saturated rings. The number of hydrogen-bond donors (Lipinski definition) is 0. The Hall–Kier alpha value is -2.53. The Morgan fingerprint density at radius 2 is 1.67 bits per heavy atom. The number of ketones is 1. The minimum atomic E-state index is -0.939. The van der Waals surface area contributed by atoms with E-state index >= 15 is 0 Å². The molecule has 0 amide bonds. The summed E-state index contributed by atoms with van der Waals surface area (Å²) < 4.78 is 15.5. The first-order valence-electron chi connectivity index (χ1n) is 7.19. The highest BCUT2D eigenvalue weighted by atomic mass is 35.5. The Balaban J connectivity index is 2.14. The molecule has 0 unspecified atom stereocenters. The van der Waals surface area contributed by atoms with Crippen LogP contribution in [0.3, 0.4) is 0 Å². The highest BCUT2D eigenvalue weighted by Crippen LogP contribution is 2.25. The van der Waals surface area contributed by atoms with Crippen molar-refractivity contribution in [2.45, 2.75) is 13.0 Å². The monoisotopic (exact) mass is 348 g/mol. The number of rotatable bonds is 6. The lowest BCUT2D eigenvalue weighted by Crippen LogP contribution is -2.24. The summed E-state index contributed by atoms with van der Waals surface area (Å²) >= 11 is 5.80. The largest absolute Gasteiger partial charge is 0.497 e. The van der Waals surface area contributed by atoms with Gasteiger partial charge in [0.25, 0.3) is 0 Å². The first-order chi connectivity index (χ1) is 11.5. The van der Waals surface area contributed by atoms with E-state index in [1.165, 1.54) is 27.2 Å². The Morgan fingerprint density at radius 3 is 2.25 bits per heavy atom. The molecular weight excluding hydrogens is 332 g/mol. The molecular formula is C18H17ClO5. The normalized spacial score (nSPS) is 11.5. The van der Waals surface area contributed by atoms with Gasteiger partial charge in [0.05, 0.1) is 14.2 Å². The van der Waals surface area contributed by atoms with Crippen LogP contribution in [-0.2, 0) is 4.74 Å². The molecule has 0 saturated heterocycles. The van der Waals surface area contributed by atoms with Gasteiger partial charge in [-0.1, -0.05) is 11.6 Å². The lowest BCUT2D eigenvalue weighted by atomic mass is 10.1. The Kier molecular flexibility index (Phi) is 5.82. The van der Waals surface area contributed by atoms with Crippen LogP contribution < -0.4 is 9.47 Å². The molecule has 0 aromatic heterocycles. The number of benzene rings is 2. The van der Waals surface area contributed by atoms with Crippen molar-refractivity contribution in [2.75, 3.05) is 14.2 Å². The van der Waals surface area contributed by atoms with Gasteiger partial charge in [-0.3, -0.25) is 4.79 Å². The molecule has 0 spiro atoms. The van der Waals surface area contributed by atoms with Gasteiger partial charge in [0.1, 0.15) is 17.1 Å². The maximum Gasteiger partial charge on any atom is 0.342 e. The first kappa shape index (κ1) is 17.8. The lowest BCUT2D eigenvalue weighted by molar-refractivity contribution is 0.0316. The topological polar surface area (TPSA) is 61.8 Å². The van der Waals surface area contributed by atoms with Crippen LogP contribution in [0, 0.1) is 0 Å². The molecule has 0 N–H and O–H groups in total. The van der Waals surface area contributed by atoms with Crippen LogP contribution in [0.25, 0.3) is 0 Å². The molecule has 2 aromatic rings. The maximum atomic E-state index is 12.3. The second-order valence-corrected chi connectivity index (χ2v) is 5.42. The second-order valence-electron chi connectivity index (χ2n) is 4.98. The Bertz CT molecular complexity index is 740. The van der Waals surface area contributed by atoms with E-state index in [0.717, 1.165) is 0 Å².